The molecule has 1 aromatic carbocycles. The maximum Gasteiger partial charge on any atom is 0.329 e. The topological polar surface area (TPSA) is 48.0 Å². The van der Waals surface area contributed by atoms with E-state index in [1.807, 2.05) is 35.5 Å². The standard InChI is InChI=1S/C22H31N5O/c1-4-26-19-10-9-18(13-20(19)27(5-2)22(26)28)21-14-23-16-25(21)15-17(3)24-11-7-6-8-12-24/h9-10,13-14,16-17H,4-8,11-12,15H2,1-3H3/t17-/m1/s1. The molecule has 0 bridgehead atoms. The van der Waals surface area contributed by atoms with Crippen LogP contribution >= 0.6 is 0 Å². The minimum Gasteiger partial charge on any atom is -0.329 e. The van der Waals surface area contributed by atoms with Crippen LogP contribution in [-0.2, 0) is 19.6 Å². The molecule has 0 unspecified atom stereocenters. The van der Waals surface area contributed by atoms with Gasteiger partial charge in [0.2, 0.25) is 0 Å². The minimum absolute atomic E-state index is 0.0735. The molecule has 6 heteroatoms. The molecule has 0 aliphatic carbocycles. The van der Waals surface area contributed by atoms with Crippen molar-refractivity contribution < 1.29 is 0 Å². The highest BCUT2D eigenvalue weighted by Crippen LogP contribution is 2.25. The molecule has 1 atom stereocenters. The normalized spacial score (nSPS) is 16.7. The van der Waals surface area contributed by atoms with Crippen LogP contribution in [0.1, 0.15) is 40.0 Å². The quantitative estimate of drug-likeness (QED) is 0.656. The number of rotatable bonds is 6. The monoisotopic (exact) mass is 381 g/mol. The van der Waals surface area contributed by atoms with Crippen LogP contribution in [0.2, 0.25) is 0 Å². The predicted octanol–water partition coefficient (Wildman–Crippen LogP) is 3.58. The molecule has 0 N–H and O–H groups in total. The van der Waals surface area contributed by atoms with Crippen LogP contribution in [0.25, 0.3) is 22.3 Å². The molecule has 6 nitrogen and oxygen atoms in total. The Hall–Kier alpha value is -2.34. The van der Waals surface area contributed by atoms with Gasteiger partial charge in [-0.3, -0.25) is 14.0 Å². The molecule has 0 spiro atoms. The van der Waals surface area contributed by atoms with Gasteiger partial charge in [-0.15, -0.1) is 0 Å². The number of hydrogen-bond donors (Lipinski definition) is 0. The van der Waals surface area contributed by atoms with E-state index in [2.05, 4.69) is 39.6 Å². The largest absolute Gasteiger partial charge is 0.329 e. The highest BCUT2D eigenvalue weighted by Gasteiger charge is 2.19. The smallest absolute Gasteiger partial charge is 0.329 e. The Morgan fingerprint density at radius 3 is 2.46 bits per heavy atom. The summed E-state index contributed by atoms with van der Waals surface area (Å²) >= 11 is 0. The third kappa shape index (κ3) is 3.30. The highest BCUT2D eigenvalue weighted by atomic mass is 16.1. The number of aromatic nitrogens is 4. The second-order valence-electron chi connectivity index (χ2n) is 7.85. The van der Waals surface area contributed by atoms with Crippen LogP contribution < -0.4 is 5.69 Å². The number of nitrogens with zero attached hydrogens (tertiary/aromatic N) is 5. The van der Waals surface area contributed by atoms with E-state index >= 15 is 0 Å². The van der Waals surface area contributed by atoms with Gasteiger partial charge in [-0.2, -0.15) is 0 Å². The zero-order valence-electron chi connectivity index (χ0n) is 17.3. The van der Waals surface area contributed by atoms with E-state index in [1.165, 1.54) is 32.4 Å². The van der Waals surface area contributed by atoms with Gasteiger partial charge < -0.3 is 4.57 Å². The Balaban J connectivity index is 1.67. The molecule has 28 heavy (non-hydrogen) atoms. The van der Waals surface area contributed by atoms with E-state index in [-0.39, 0.29) is 5.69 Å². The third-order valence-electron chi connectivity index (χ3n) is 6.13. The van der Waals surface area contributed by atoms with Crippen molar-refractivity contribution in [1.29, 1.82) is 0 Å². The molecule has 0 saturated carbocycles. The zero-order valence-corrected chi connectivity index (χ0v) is 17.3. The van der Waals surface area contributed by atoms with Gasteiger partial charge in [0.1, 0.15) is 0 Å². The predicted molar refractivity (Wildman–Crippen MR) is 114 cm³/mol. The molecule has 1 saturated heterocycles. The summed E-state index contributed by atoms with van der Waals surface area (Å²) in [5, 5.41) is 0. The lowest BCUT2D eigenvalue weighted by molar-refractivity contribution is 0.160. The van der Waals surface area contributed by atoms with Crippen molar-refractivity contribution in [3.05, 3.63) is 41.2 Å². The van der Waals surface area contributed by atoms with Crippen LogP contribution in [0, 0.1) is 0 Å². The van der Waals surface area contributed by atoms with Crippen molar-refractivity contribution >= 4 is 11.0 Å². The maximum atomic E-state index is 12.6. The summed E-state index contributed by atoms with van der Waals surface area (Å²) in [4.78, 5) is 19.7. The molecule has 1 aliphatic heterocycles. The van der Waals surface area contributed by atoms with Gasteiger partial charge in [-0.1, -0.05) is 12.5 Å². The number of likely N-dealkylation sites (tertiary alicyclic amines) is 1. The molecule has 3 aromatic rings. The lowest BCUT2D eigenvalue weighted by Crippen LogP contribution is -2.39. The summed E-state index contributed by atoms with van der Waals surface area (Å²) in [6, 6.07) is 6.83. The van der Waals surface area contributed by atoms with Gasteiger partial charge in [0.25, 0.3) is 0 Å². The van der Waals surface area contributed by atoms with E-state index in [0.29, 0.717) is 19.1 Å². The SMILES string of the molecule is CCn1c(=O)n(CC)c2cc(-c3cncn3C[C@@H](C)N3CCCCC3)ccc21. The lowest BCUT2D eigenvalue weighted by Gasteiger charge is -2.32. The van der Waals surface area contributed by atoms with Crippen molar-refractivity contribution in [1.82, 2.24) is 23.6 Å². The van der Waals surface area contributed by atoms with Gasteiger partial charge in [-0.05, 0) is 58.8 Å². The Bertz CT molecular complexity index is 1010. The van der Waals surface area contributed by atoms with E-state index in [4.69, 9.17) is 0 Å². The summed E-state index contributed by atoms with van der Waals surface area (Å²) in [7, 11) is 0. The van der Waals surface area contributed by atoms with E-state index < -0.39 is 0 Å². The zero-order chi connectivity index (χ0) is 19.7. The lowest BCUT2D eigenvalue weighted by atomic mass is 10.1. The molecule has 150 valence electrons. The first-order valence-electron chi connectivity index (χ1n) is 10.6. The van der Waals surface area contributed by atoms with Gasteiger partial charge in [0.05, 0.1) is 29.3 Å². The van der Waals surface area contributed by atoms with Crippen molar-refractivity contribution in [3.8, 4) is 11.3 Å². The summed E-state index contributed by atoms with van der Waals surface area (Å²) in [5.74, 6) is 0. The van der Waals surface area contributed by atoms with Gasteiger partial charge in [-0.25, -0.2) is 9.78 Å². The van der Waals surface area contributed by atoms with Crippen LogP contribution in [0.4, 0.5) is 0 Å². The number of fused-ring (bicyclic) bond motifs is 1. The van der Waals surface area contributed by atoms with Gasteiger partial charge in [0.15, 0.2) is 0 Å². The van der Waals surface area contributed by atoms with Crippen LogP contribution in [0.5, 0.6) is 0 Å². The first kappa shape index (κ1) is 19.0. The number of piperidine rings is 1. The van der Waals surface area contributed by atoms with Crippen LogP contribution in [0.15, 0.2) is 35.5 Å². The number of aryl methyl sites for hydroxylation is 2. The molecule has 1 aliphatic rings. The Labute approximate surface area is 166 Å². The fourth-order valence-corrected chi connectivity index (χ4v) is 4.56. The number of imidazole rings is 2. The molecule has 0 amide bonds. The first-order valence-corrected chi connectivity index (χ1v) is 10.6. The molecule has 1 fully saturated rings. The second-order valence-corrected chi connectivity index (χ2v) is 7.85. The fraction of sp³-hybridized carbons (Fsp3) is 0.545. The number of benzene rings is 1. The molecule has 4 rings (SSSR count). The van der Waals surface area contributed by atoms with Crippen molar-refractivity contribution in [3.63, 3.8) is 0 Å². The summed E-state index contributed by atoms with van der Waals surface area (Å²) in [5.41, 5.74) is 4.32. The fourth-order valence-electron chi connectivity index (χ4n) is 4.56. The van der Waals surface area contributed by atoms with Gasteiger partial charge >= 0.3 is 5.69 Å². The van der Waals surface area contributed by atoms with Crippen LogP contribution in [0.3, 0.4) is 0 Å². The van der Waals surface area contributed by atoms with Crippen LogP contribution in [-0.4, -0.2) is 42.7 Å². The Morgan fingerprint density at radius 2 is 1.75 bits per heavy atom. The summed E-state index contributed by atoms with van der Waals surface area (Å²) in [6.07, 6.45) is 7.84. The van der Waals surface area contributed by atoms with E-state index in [1.54, 1.807) is 0 Å². The van der Waals surface area contributed by atoms with E-state index in [0.717, 1.165) is 28.8 Å². The molecular formula is C22H31N5O. The van der Waals surface area contributed by atoms with Gasteiger partial charge in [0, 0.05) is 31.2 Å². The summed E-state index contributed by atoms with van der Waals surface area (Å²) in [6.45, 7) is 11.1. The number of hydrogen-bond acceptors (Lipinski definition) is 3. The van der Waals surface area contributed by atoms with Crippen molar-refractivity contribution in [2.24, 2.45) is 0 Å². The van der Waals surface area contributed by atoms with Crippen molar-refractivity contribution in [2.75, 3.05) is 13.1 Å². The Kier molecular flexibility index (Phi) is 5.40. The van der Waals surface area contributed by atoms with E-state index in [9.17, 15) is 4.79 Å². The second kappa shape index (κ2) is 7.95. The summed E-state index contributed by atoms with van der Waals surface area (Å²) < 4.78 is 5.96. The molecule has 3 heterocycles. The highest BCUT2D eigenvalue weighted by molar-refractivity contribution is 5.82. The average molecular weight is 382 g/mol. The maximum absolute atomic E-state index is 12.6. The third-order valence-corrected chi connectivity index (χ3v) is 6.13. The molecular weight excluding hydrogens is 350 g/mol. The first-order chi connectivity index (χ1) is 13.6. The minimum atomic E-state index is 0.0735. The molecule has 0 radical (unpaired) electrons. The average Bonchev–Trinajstić information content (AvgIpc) is 3.29. The molecule has 2 aromatic heterocycles. The Morgan fingerprint density at radius 1 is 1.04 bits per heavy atom. The van der Waals surface area contributed by atoms with Crippen molar-refractivity contribution in [2.45, 2.75) is 65.7 Å².